The van der Waals surface area contributed by atoms with Gasteiger partial charge in [0, 0.05) is 48.9 Å². The Hall–Kier alpha value is -3.35. The van der Waals surface area contributed by atoms with Gasteiger partial charge in [0.15, 0.2) is 22.6 Å². The first-order valence-corrected chi connectivity index (χ1v) is 13.4. The highest BCUT2D eigenvalue weighted by molar-refractivity contribution is 7.99. The van der Waals surface area contributed by atoms with Crippen molar-refractivity contribution in [1.29, 1.82) is 0 Å². The van der Waals surface area contributed by atoms with E-state index in [0.29, 0.717) is 22.5 Å². The fraction of sp³-hybridized carbons (Fsp3) is 0.462. The van der Waals surface area contributed by atoms with Crippen LogP contribution in [0.2, 0.25) is 0 Å². The fourth-order valence-corrected chi connectivity index (χ4v) is 4.86. The number of amides is 1. The molecule has 1 fully saturated rings. The minimum absolute atomic E-state index is 0.107. The molecule has 12 heteroatoms. The SMILES string of the molecule is COc1c(Nc2cc(C)[nH]n2)nc(Sc2ccc(NC(C)=O)cc2)nc1N1CCC(OCCN(C)C)CC1. The van der Waals surface area contributed by atoms with Crippen LogP contribution in [0.25, 0.3) is 0 Å². The number of aromatic nitrogens is 4. The maximum atomic E-state index is 11.3. The summed E-state index contributed by atoms with van der Waals surface area (Å²) in [5, 5.41) is 13.9. The minimum Gasteiger partial charge on any atom is -0.490 e. The maximum Gasteiger partial charge on any atom is 0.221 e. The summed E-state index contributed by atoms with van der Waals surface area (Å²) in [7, 11) is 5.74. The molecular formula is C26H36N8O3S. The lowest BCUT2D eigenvalue weighted by molar-refractivity contribution is -0.114. The summed E-state index contributed by atoms with van der Waals surface area (Å²) in [4.78, 5) is 26.4. The van der Waals surface area contributed by atoms with Gasteiger partial charge in [-0.3, -0.25) is 9.89 Å². The van der Waals surface area contributed by atoms with Gasteiger partial charge in [0.2, 0.25) is 11.7 Å². The molecule has 0 unspecified atom stereocenters. The van der Waals surface area contributed by atoms with Crippen LogP contribution in [0.1, 0.15) is 25.5 Å². The van der Waals surface area contributed by atoms with Gasteiger partial charge in [0.05, 0.1) is 19.8 Å². The van der Waals surface area contributed by atoms with Crippen molar-refractivity contribution in [1.82, 2.24) is 25.1 Å². The van der Waals surface area contributed by atoms with Gasteiger partial charge in [0.1, 0.15) is 0 Å². The van der Waals surface area contributed by atoms with E-state index in [9.17, 15) is 4.79 Å². The number of methoxy groups -OCH3 is 1. The number of hydrogen-bond donors (Lipinski definition) is 3. The van der Waals surface area contributed by atoms with E-state index in [0.717, 1.165) is 61.2 Å². The molecule has 0 spiro atoms. The Morgan fingerprint density at radius 1 is 1.21 bits per heavy atom. The lowest BCUT2D eigenvalue weighted by Crippen LogP contribution is -2.38. The number of benzene rings is 1. The molecule has 3 aromatic rings. The Balaban J connectivity index is 1.57. The van der Waals surface area contributed by atoms with Crippen LogP contribution in [0.15, 0.2) is 40.4 Å². The summed E-state index contributed by atoms with van der Waals surface area (Å²) in [5.74, 6) is 2.40. The van der Waals surface area contributed by atoms with E-state index >= 15 is 0 Å². The number of nitrogens with one attached hydrogen (secondary N) is 3. The number of piperidine rings is 1. The summed E-state index contributed by atoms with van der Waals surface area (Å²) >= 11 is 1.44. The molecule has 0 saturated carbocycles. The van der Waals surface area contributed by atoms with E-state index in [2.05, 4.69) is 44.7 Å². The molecule has 1 saturated heterocycles. The van der Waals surface area contributed by atoms with Gasteiger partial charge >= 0.3 is 0 Å². The van der Waals surface area contributed by atoms with Crippen LogP contribution in [-0.2, 0) is 9.53 Å². The molecule has 38 heavy (non-hydrogen) atoms. The summed E-state index contributed by atoms with van der Waals surface area (Å²) in [6.45, 7) is 6.68. The number of rotatable bonds is 11. The van der Waals surface area contributed by atoms with Crippen molar-refractivity contribution in [3.05, 3.63) is 36.0 Å². The second-order valence-corrected chi connectivity index (χ2v) is 10.5. The molecule has 1 aliphatic heterocycles. The molecule has 1 aliphatic rings. The summed E-state index contributed by atoms with van der Waals surface area (Å²) in [6, 6.07) is 9.50. The van der Waals surface area contributed by atoms with Crippen LogP contribution in [0.5, 0.6) is 5.75 Å². The zero-order valence-corrected chi connectivity index (χ0v) is 23.4. The van der Waals surface area contributed by atoms with Crippen molar-refractivity contribution in [3.63, 3.8) is 0 Å². The van der Waals surface area contributed by atoms with E-state index in [1.54, 1.807) is 7.11 Å². The molecule has 0 radical (unpaired) electrons. The number of aromatic amines is 1. The predicted octanol–water partition coefficient (Wildman–Crippen LogP) is 3.92. The normalized spacial score (nSPS) is 14.1. The molecule has 3 heterocycles. The quantitative estimate of drug-likeness (QED) is 0.309. The molecule has 204 valence electrons. The lowest BCUT2D eigenvalue weighted by atomic mass is 10.1. The van der Waals surface area contributed by atoms with E-state index in [4.69, 9.17) is 19.4 Å². The van der Waals surface area contributed by atoms with E-state index < -0.39 is 0 Å². The number of carbonyl (C=O) groups excluding carboxylic acids is 1. The average Bonchev–Trinajstić information content (AvgIpc) is 3.29. The Morgan fingerprint density at radius 3 is 2.55 bits per heavy atom. The molecule has 0 aliphatic carbocycles. The number of nitrogens with zero attached hydrogens (tertiary/aromatic N) is 5. The van der Waals surface area contributed by atoms with Crippen molar-refractivity contribution in [3.8, 4) is 5.75 Å². The number of H-pyrrole nitrogens is 1. The first kappa shape index (κ1) is 27.7. The van der Waals surface area contributed by atoms with Crippen molar-refractivity contribution in [2.75, 3.05) is 63.0 Å². The van der Waals surface area contributed by atoms with Gasteiger partial charge < -0.3 is 29.9 Å². The maximum absolute atomic E-state index is 11.3. The standard InChI is InChI=1S/C26H36N8O3S/c1-17-16-22(32-31-17)28-24-23(36-5)25(34-12-10-20(11-13-34)37-15-14-33(3)4)30-26(29-24)38-21-8-6-19(7-9-21)27-18(2)35/h6-9,16,20H,10-15H2,1-5H3,(H,27,35)(H2,28,29,30,31,32). The number of ether oxygens (including phenoxy) is 2. The highest BCUT2D eigenvalue weighted by atomic mass is 32.2. The highest BCUT2D eigenvalue weighted by Crippen LogP contribution is 2.39. The number of anilines is 4. The number of hydrogen-bond acceptors (Lipinski definition) is 10. The Morgan fingerprint density at radius 2 is 1.95 bits per heavy atom. The monoisotopic (exact) mass is 540 g/mol. The molecule has 1 amide bonds. The van der Waals surface area contributed by atoms with Crippen LogP contribution in [0, 0.1) is 6.92 Å². The second-order valence-electron chi connectivity index (χ2n) is 9.44. The van der Waals surface area contributed by atoms with Gasteiger partial charge in [-0.1, -0.05) is 0 Å². The minimum atomic E-state index is -0.107. The third kappa shape index (κ3) is 7.59. The first-order chi connectivity index (χ1) is 18.3. The molecule has 0 bridgehead atoms. The predicted molar refractivity (Wildman–Crippen MR) is 150 cm³/mol. The molecule has 3 N–H and O–H groups in total. The summed E-state index contributed by atoms with van der Waals surface area (Å²) < 4.78 is 11.9. The average molecular weight is 541 g/mol. The third-order valence-corrected chi connectivity index (χ3v) is 6.87. The number of aryl methyl sites for hydroxylation is 1. The zero-order chi connectivity index (χ0) is 27.1. The lowest BCUT2D eigenvalue weighted by Gasteiger charge is -2.34. The molecule has 2 aromatic heterocycles. The first-order valence-electron chi connectivity index (χ1n) is 12.6. The third-order valence-electron chi connectivity index (χ3n) is 6.00. The van der Waals surface area contributed by atoms with E-state index in [1.165, 1.54) is 18.7 Å². The molecular weight excluding hydrogens is 504 g/mol. The number of likely N-dealkylation sites (N-methyl/N-ethyl adjacent to an activating group) is 1. The topological polar surface area (TPSA) is 121 Å². The van der Waals surface area contributed by atoms with E-state index in [1.807, 2.05) is 37.3 Å². The Bertz CT molecular complexity index is 1210. The highest BCUT2D eigenvalue weighted by Gasteiger charge is 2.26. The van der Waals surface area contributed by atoms with Crippen molar-refractivity contribution in [2.24, 2.45) is 0 Å². The molecule has 0 atom stereocenters. The van der Waals surface area contributed by atoms with Crippen molar-refractivity contribution < 1.29 is 14.3 Å². The number of carbonyl (C=O) groups is 1. The van der Waals surface area contributed by atoms with Gasteiger partial charge in [-0.05, 0) is 69.9 Å². The van der Waals surface area contributed by atoms with Crippen LogP contribution in [-0.4, -0.2) is 84.5 Å². The van der Waals surface area contributed by atoms with E-state index in [-0.39, 0.29) is 12.0 Å². The van der Waals surface area contributed by atoms with Crippen molar-refractivity contribution >= 4 is 40.8 Å². The zero-order valence-electron chi connectivity index (χ0n) is 22.6. The van der Waals surface area contributed by atoms with Crippen LogP contribution in [0.4, 0.5) is 23.1 Å². The smallest absolute Gasteiger partial charge is 0.221 e. The van der Waals surface area contributed by atoms with Gasteiger partial charge in [-0.2, -0.15) is 5.10 Å². The largest absolute Gasteiger partial charge is 0.490 e. The summed E-state index contributed by atoms with van der Waals surface area (Å²) in [5.41, 5.74) is 1.68. The molecule has 1 aromatic carbocycles. The van der Waals surface area contributed by atoms with Gasteiger partial charge in [-0.25, -0.2) is 9.97 Å². The van der Waals surface area contributed by atoms with Crippen LogP contribution in [0.3, 0.4) is 0 Å². The summed E-state index contributed by atoms with van der Waals surface area (Å²) in [6.07, 6.45) is 2.06. The van der Waals surface area contributed by atoms with Crippen molar-refractivity contribution in [2.45, 2.75) is 42.8 Å². The fourth-order valence-electron chi connectivity index (χ4n) is 4.11. The van der Waals surface area contributed by atoms with Gasteiger partial charge in [-0.15, -0.1) is 0 Å². The second kappa shape index (κ2) is 12.9. The molecule has 4 rings (SSSR count). The van der Waals surface area contributed by atoms with Crippen LogP contribution >= 0.6 is 11.8 Å². The Kier molecular flexibility index (Phi) is 9.43. The van der Waals surface area contributed by atoms with Gasteiger partial charge in [0.25, 0.3) is 0 Å². The molecule has 11 nitrogen and oxygen atoms in total. The Labute approximate surface area is 227 Å². The van der Waals surface area contributed by atoms with Crippen LogP contribution < -0.4 is 20.3 Å².